The van der Waals surface area contributed by atoms with Gasteiger partial charge in [0.15, 0.2) is 5.78 Å². The number of hydrogen-bond acceptors (Lipinski definition) is 3. The molecule has 23 heavy (non-hydrogen) atoms. The van der Waals surface area contributed by atoms with Gasteiger partial charge in [0.25, 0.3) is 0 Å². The molecular weight excluding hydrogens is 288 g/mol. The number of Topliss-reactive ketones (excluding diaryl/α,β-unsaturated/α-hetero) is 1. The van der Waals surface area contributed by atoms with Gasteiger partial charge in [-0.05, 0) is 60.6 Å². The van der Waals surface area contributed by atoms with Gasteiger partial charge in [-0.25, -0.2) is 0 Å². The van der Waals surface area contributed by atoms with E-state index in [4.69, 9.17) is 0 Å². The monoisotopic (exact) mass is 316 g/mol. The highest BCUT2D eigenvalue weighted by Gasteiger charge is 2.55. The molecule has 3 nitrogen and oxygen atoms in total. The lowest BCUT2D eigenvalue weighted by Gasteiger charge is -2.55. The summed E-state index contributed by atoms with van der Waals surface area (Å²) < 4.78 is 0. The minimum Gasteiger partial charge on any atom is -0.393 e. The van der Waals surface area contributed by atoms with E-state index in [1.54, 1.807) is 13.8 Å². The van der Waals surface area contributed by atoms with E-state index >= 15 is 0 Å². The Morgan fingerprint density at radius 1 is 1.22 bits per heavy atom. The van der Waals surface area contributed by atoms with Gasteiger partial charge in [-0.1, -0.05) is 32.9 Å². The Labute approximate surface area is 138 Å². The quantitative estimate of drug-likeness (QED) is 0.833. The minimum atomic E-state index is -0.949. The first-order valence-corrected chi connectivity index (χ1v) is 8.56. The van der Waals surface area contributed by atoms with Crippen LogP contribution in [0.3, 0.4) is 0 Å². The van der Waals surface area contributed by atoms with Crippen LogP contribution in [0.15, 0.2) is 18.2 Å². The van der Waals surface area contributed by atoms with Crippen LogP contribution in [0.4, 0.5) is 0 Å². The molecule has 3 heteroatoms. The number of aliphatic hydroxyl groups excluding tert-OH is 1. The van der Waals surface area contributed by atoms with E-state index in [-0.39, 0.29) is 28.6 Å². The maximum atomic E-state index is 12.8. The van der Waals surface area contributed by atoms with Crippen LogP contribution in [-0.4, -0.2) is 22.1 Å². The molecule has 0 heterocycles. The zero-order valence-corrected chi connectivity index (χ0v) is 14.8. The molecule has 2 aliphatic rings. The Balaban J connectivity index is 2.15. The molecule has 2 N–H and O–H groups in total. The van der Waals surface area contributed by atoms with Crippen molar-refractivity contribution in [2.24, 2.45) is 11.3 Å². The summed E-state index contributed by atoms with van der Waals surface area (Å²) >= 11 is 0. The van der Waals surface area contributed by atoms with Crippen LogP contribution in [-0.2, 0) is 11.0 Å². The molecule has 0 radical (unpaired) electrons. The molecule has 1 fully saturated rings. The van der Waals surface area contributed by atoms with Gasteiger partial charge in [0.05, 0.1) is 11.7 Å². The molecule has 2 aliphatic carbocycles. The Bertz CT molecular complexity index is 653. The summed E-state index contributed by atoms with van der Waals surface area (Å²) in [6, 6.07) is 5.84. The maximum Gasteiger partial charge on any atom is 0.163 e. The van der Waals surface area contributed by atoms with Crippen LogP contribution in [0, 0.1) is 11.3 Å². The summed E-state index contributed by atoms with van der Waals surface area (Å²) in [5, 5.41) is 20.7. The van der Waals surface area contributed by atoms with Crippen molar-refractivity contribution in [2.45, 2.75) is 71.0 Å². The lowest BCUT2D eigenvalue weighted by molar-refractivity contribution is -0.0687. The Hall–Kier alpha value is -1.19. The molecule has 0 amide bonds. The lowest BCUT2D eigenvalue weighted by atomic mass is 9.49. The van der Waals surface area contributed by atoms with Crippen LogP contribution in [0.2, 0.25) is 0 Å². The number of aliphatic hydroxyl groups is 2. The number of fused-ring (bicyclic) bond motifs is 3. The normalized spacial score (nSPS) is 33.1. The first-order chi connectivity index (χ1) is 10.5. The van der Waals surface area contributed by atoms with E-state index in [1.807, 2.05) is 18.2 Å². The van der Waals surface area contributed by atoms with Crippen LogP contribution in [0.25, 0.3) is 0 Å². The molecule has 126 valence electrons. The van der Waals surface area contributed by atoms with Gasteiger partial charge in [-0.2, -0.15) is 0 Å². The molecule has 3 atom stereocenters. The molecule has 0 aliphatic heterocycles. The summed E-state index contributed by atoms with van der Waals surface area (Å²) in [4.78, 5) is 12.8. The van der Waals surface area contributed by atoms with Gasteiger partial charge in [0.1, 0.15) is 0 Å². The van der Waals surface area contributed by atoms with Crippen molar-refractivity contribution in [2.75, 3.05) is 0 Å². The van der Waals surface area contributed by atoms with Crippen molar-refractivity contribution < 1.29 is 15.0 Å². The van der Waals surface area contributed by atoms with E-state index in [2.05, 4.69) is 20.8 Å². The molecule has 0 bridgehead atoms. The van der Waals surface area contributed by atoms with Gasteiger partial charge < -0.3 is 10.2 Å². The molecule has 0 aromatic heterocycles. The smallest absolute Gasteiger partial charge is 0.163 e. The van der Waals surface area contributed by atoms with Crippen LogP contribution >= 0.6 is 0 Å². The fraction of sp³-hybridized carbons (Fsp3) is 0.650. The van der Waals surface area contributed by atoms with Crippen molar-refractivity contribution in [3.63, 3.8) is 0 Å². The van der Waals surface area contributed by atoms with E-state index in [0.29, 0.717) is 6.42 Å². The molecular formula is C20H28O3. The third-order valence-electron chi connectivity index (χ3n) is 6.49. The number of benzene rings is 1. The van der Waals surface area contributed by atoms with Gasteiger partial charge in [0, 0.05) is 12.0 Å². The number of hydrogen-bond donors (Lipinski definition) is 2. The Kier molecular flexibility index (Phi) is 3.55. The third-order valence-corrected chi connectivity index (χ3v) is 6.49. The highest BCUT2D eigenvalue weighted by molar-refractivity contribution is 5.99. The highest BCUT2D eigenvalue weighted by atomic mass is 16.3. The molecule has 0 spiro atoms. The summed E-state index contributed by atoms with van der Waals surface area (Å²) in [6.45, 7) is 9.89. The van der Waals surface area contributed by atoms with Crippen molar-refractivity contribution in [3.05, 3.63) is 34.9 Å². The number of carbonyl (C=O) groups excluding carboxylic acids is 1. The van der Waals surface area contributed by atoms with Crippen LogP contribution in [0.1, 0.15) is 75.4 Å². The van der Waals surface area contributed by atoms with Gasteiger partial charge in [-0.3, -0.25) is 4.79 Å². The minimum absolute atomic E-state index is 0.0932. The van der Waals surface area contributed by atoms with Gasteiger partial charge >= 0.3 is 0 Å². The van der Waals surface area contributed by atoms with Crippen molar-refractivity contribution in [1.29, 1.82) is 0 Å². The highest BCUT2D eigenvalue weighted by Crippen LogP contribution is 2.57. The zero-order valence-electron chi connectivity index (χ0n) is 14.8. The lowest BCUT2D eigenvalue weighted by Crippen LogP contribution is -2.54. The fourth-order valence-electron chi connectivity index (χ4n) is 4.80. The predicted octanol–water partition coefficient (Wildman–Crippen LogP) is 3.56. The topological polar surface area (TPSA) is 57.5 Å². The second kappa shape index (κ2) is 4.90. The van der Waals surface area contributed by atoms with Gasteiger partial charge in [-0.15, -0.1) is 0 Å². The summed E-state index contributed by atoms with van der Waals surface area (Å²) in [7, 11) is 0. The maximum absolute atomic E-state index is 12.8. The van der Waals surface area contributed by atoms with Crippen molar-refractivity contribution in [3.8, 4) is 0 Å². The third kappa shape index (κ3) is 2.36. The second-order valence-corrected chi connectivity index (χ2v) is 8.79. The average molecular weight is 316 g/mol. The van der Waals surface area contributed by atoms with Crippen LogP contribution in [0.5, 0.6) is 0 Å². The van der Waals surface area contributed by atoms with E-state index in [1.165, 1.54) is 0 Å². The molecule has 1 aromatic rings. The molecule has 0 saturated heterocycles. The zero-order chi connectivity index (χ0) is 17.2. The summed E-state index contributed by atoms with van der Waals surface area (Å²) in [5.41, 5.74) is 1.32. The Morgan fingerprint density at radius 2 is 1.87 bits per heavy atom. The fourth-order valence-corrected chi connectivity index (χ4v) is 4.80. The van der Waals surface area contributed by atoms with E-state index in [9.17, 15) is 15.0 Å². The summed E-state index contributed by atoms with van der Waals surface area (Å²) in [5.74, 6) is 0.280. The van der Waals surface area contributed by atoms with Crippen LogP contribution < -0.4 is 0 Å². The van der Waals surface area contributed by atoms with E-state index in [0.717, 1.165) is 29.5 Å². The number of rotatable bonds is 1. The van der Waals surface area contributed by atoms with Crippen molar-refractivity contribution >= 4 is 5.78 Å². The SMILES string of the molecule is CC(C)(O)c1ccc2c(c1)C(=O)CC1C(C)(C)[C@H](O)CC[C@@]21C. The van der Waals surface area contributed by atoms with E-state index < -0.39 is 5.60 Å². The molecule has 3 rings (SSSR count). The van der Waals surface area contributed by atoms with Crippen molar-refractivity contribution in [1.82, 2.24) is 0 Å². The first-order valence-electron chi connectivity index (χ1n) is 8.56. The number of ketones is 1. The number of carbonyl (C=O) groups is 1. The standard InChI is InChI=1S/C20H28O3/c1-18(2)16-11-15(21)13-10-12(19(3,4)23)6-7-14(13)20(16,5)9-8-17(18)22/h6-7,10,16-17,22-23H,8-9,11H2,1-5H3/t16?,17-,20+/m1/s1. The molecule has 1 saturated carbocycles. The second-order valence-electron chi connectivity index (χ2n) is 8.79. The Morgan fingerprint density at radius 3 is 2.48 bits per heavy atom. The van der Waals surface area contributed by atoms with Gasteiger partial charge in [0.2, 0.25) is 0 Å². The molecule has 1 aromatic carbocycles. The largest absolute Gasteiger partial charge is 0.393 e. The average Bonchev–Trinajstić information content (AvgIpc) is 2.46. The summed E-state index contributed by atoms with van der Waals surface area (Å²) in [6.07, 6.45) is 1.78. The first kappa shape index (κ1) is 16.7. The predicted molar refractivity (Wildman–Crippen MR) is 90.5 cm³/mol. The molecule has 1 unspecified atom stereocenters.